The average molecular weight is 305 g/mol. The second kappa shape index (κ2) is 10.2. The van der Waals surface area contributed by atoms with Crippen molar-refractivity contribution in [2.24, 2.45) is 0 Å². The third kappa shape index (κ3) is 7.87. The van der Waals surface area contributed by atoms with Gasteiger partial charge in [0.2, 0.25) is 0 Å². The Morgan fingerprint density at radius 2 is 1.30 bits per heavy atom. The van der Waals surface area contributed by atoms with Crippen LogP contribution in [0.25, 0.3) is 0 Å². The van der Waals surface area contributed by atoms with E-state index in [1.54, 1.807) is 6.08 Å². The molecule has 1 heteroatoms. The van der Waals surface area contributed by atoms with E-state index in [9.17, 15) is 0 Å². The number of nitrogens with one attached hydrogen (secondary N) is 1. The van der Waals surface area contributed by atoms with Crippen molar-refractivity contribution in [3.05, 3.63) is 96.1 Å². The van der Waals surface area contributed by atoms with Crippen LogP contribution in [0.5, 0.6) is 0 Å². The summed E-state index contributed by atoms with van der Waals surface area (Å²) < 4.78 is 0. The maximum Gasteiger partial charge on any atom is 0.0384 e. The fraction of sp³-hybridized carbons (Fsp3) is 0.182. The van der Waals surface area contributed by atoms with Crippen molar-refractivity contribution in [2.45, 2.75) is 27.7 Å². The number of benzene rings is 2. The van der Waals surface area contributed by atoms with Crippen molar-refractivity contribution in [1.29, 1.82) is 0 Å². The van der Waals surface area contributed by atoms with Gasteiger partial charge in [0.15, 0.2) is 0 Å². The summed E-state index contributed by atoms with van der Waals surface area (Å²) in [5, 5.41) is 3.36. The molecule has 0 heterocycles. The highest BCUT2D eigenvalue weighted by Gasteiger charge is 1.93. The van der Waals surface area contributed by atoms with Crippen LogP contribution in [0.4, 0.5) is 11.4 Å². The standard InChI is InChI=1S/C14H15N.C8H12/c1-11-3-7-13(8-4-11)15-14-9-5-12(2)6-10-14;1-4-6-8(3)7-5-2/h3-10,15H,1-2H3;4-7H,1H2,2-3H3/b;7-5-,8-6-. The number of rotatable bonds is 4. The van der Waals surface area contributed by atoms with Gasteiger partial charge in [-0.25, -0.2) is 0 Å². The van der Waals surface area contributed by atoms with Gasteiger partial charge in [-0.3, -0.25) is 0 Å². The van der Waals surface area contributed by atoms with Gasteiger partial charge in [0, 0.05) is 11.4 Å². The largest absolute Gasteiger partial charge is 0.356 e. The van der Waals surface area contributed by atoms with Crippen molar-refractivity contribution in [2.75, 3.05) is 5.32 Å². The van der Waals surface area contributed by atoms with Crippen LogP contribution in [0.2, 0.25) is 0 Å². The van der Waals surface area contributed by atoms with E-state index >= 15 is 0 Å². The molecular weight excluding hydrogens is 278 g/mol. The third-order valence-electron chi connectivity index (χ3n) is 3.20. The van der Waals surface area contributed by atoms with Crippen molar-refractivity contribution >= 4 is 11.4 Å². The average Bonchev–Trinajstić information content (AvgIpc) is 2.53. The van der Waals surface area contributed by atoms with Crippen LogP contribution in [0, 0.1) is 13.8 Å². The van der Waals surface area contributed by atoms with E-state index in [2.05, 4.69) is 74.3 Å². The van der Waals surface area contributed by atoms with Gasteiger partial charge in [-0.05, 0) is 52.0 Å². The molecule has 2 aromatic carbocycles. The number of aryl methyl sites for hydroxylation is 2. The fourth-order valence-corrected chi connectivity index (χ4v) is 1.94. The summed E-state index contributed by atoms with van der Waals surface area (Å²) in [6, 6.07) is 16.8. The van der Waals surface area contributed by atoms with Gasteiger partial charge in [0.1, 0.15) is 0 Å². The molecule has 0 radical (unpaired) electrons. The van der Waals surface area contributed by atoms with E-state index in [-0.39, 0.29) is 0 Å². The number of hydrogen-bond donors (Lipinski definition) is 1. The molecule has 0 bridgehead atoms. The maximum absolute atomic E-state index is 3.57. The van der Waals surface area contributed by atoms with Crippen LogP contribution in [0.1, 0.15) is 25.0 Å². The molecule has 0 amide bonds. The summed E-state index contributed by atoms with van der Waals surface area (Å²) in [6.45, 7) is 11.8. The maximum atomic E-state index is 3.57. The van der Waals surface area contributed by atoms with Crippen molar-refractivity contribution in [3.63, 3.8) is 0 Å². The van der Waals surface area contributed by atoms with Gasteiger partial charge in [-0.2, -0.15) is 0 Å². The highest BCUT2D eigenvalue weighted by atomic mass is 14.9. The highest BCUT2D eigenvalue weighted by molar-refractivity contribution is 5.59. The molecule has 0 saturated carbocycles. The Kier molecular flexibility index (Phi) is 8.23. The van der Waals surface area contributed by atoms with E-state index in [0.717, 1.165) is 11.4 Å². The van der Waals surface area contributed by atoms with Gasteiger partial charge < -0.3 is 5.32 Å². The summed E-state index contributed by atoms with van der Waals surface area (Å²) in [5.41, 5.74) is 6.06. The molecule has 0 fully saturated rings. The first-order valence-electron chi connectivity index (χ1n) is 7.87. The topological polar surface area (TPSA) is 12.0 Å². The second-order valence-corrected chi connectivity index (χ2v) is 5.50. The summed E-state index contributed by atoms with van der Waals surface area (Å²) in [7, 11) is 0. The van der Waals surface area contributed by atoms with Crippen LogP contribution < -0.4 is 5.32 Å². The lowest BCUT2D eigenvalue weighted by atomic mass is 10.2. The molecule has 0 aliphatic rings. The number of hydrogen-bond acceptors (Lipinski definition) is 1. The zero-order valence-corrected chi connectivity index (χ0v) is 14.6. The van der Waals surface area contributed by atoms with Crippen molar-refractivity contribution in [3.8, 4) is 0 Å². The molecule has 120 valence electrons. The minimum absolute atomic E-state index is 1.13. The molecule has 1 N–H and O–H groups in total. The molecular formula is C22H27N. The van der Waals surface area contributed by atoms with Crippen LogP contribution in [0.15, 0.2) is 85.0 Å². The van der Waals surface area contributed by atoms with Crippen molar-refractivity contribution < 1.29 is 0 Å². The highest BCUT2D eigenvalue weighted by Crippen LogP contribution is 2.17. The van der Waals surface area contributed by atoms with E-state index < -0.39 is 0 Å². The molecule has 2 aromatic rings. The first-order valence-corrected chi connectivity index (χ1v) is 7.87. The molecule has 1 nitrogen and oxygen atoms in total. The normalized spacial score (nSPS) is 10.9. The first kappa shape index (κ1) is 18.5. The van der Waals surface area contributed by atoms with Gasteiger partial charge >= 0.3 is 0 Å². The molecule has 0 aliphatic carbocycles. The van der Waals surface area contributed by atoms with Crippen molar-refractivity contribution in [1.82, 2.24) is 0 Å². The minimum atomic E-state index is 1.13. The summed E-state index contributed by atoms with van der Waals surface area (Å²) in [6.07, 6.45) is 7.81. The predicted molar refractivity (Wildman–Crippen MR) is 104 cm³/mol. The lowest BCUT2D eigenvalue weighted by Crippen LogP contribution is -1.89. The van der Waals surface area contributed by atoms with Gasteiger partial charge in [-0.15, -0.1) is 0 Å². The molecule has 23 heavy (non-hydrogen) atoms. The zero-order valence-electron chi connectivity index (χ0n) is 14.6. The Morgan fingerprint density at radius 1 is 0.870 bits per heavy atom. The Morgan fingerprint density at radius 3 is 1.65 bits per heavy atom. The van der Waals surface area contributed by atoms with Crippen LogP contribution >= 0.6 is 0 Å². The van der Waals surface area contributed by atoms with Crippen LogP contribution in [0.3, 0.4) is 0 Å². The Bertz CT molecular complexity index is 600. The first-order chi connectivity index (χ1) is 11.0. The quantitative estimate of drug-likeness (QED) is 0.617. The SMILES string of the molecule is C=C/C=C(C)\C=C/C.Cc1ccc(Nc2ccc(C)cc2)cc1. The van der Waals surface area contributed by atoms with Crippen LogP contribution in [-0.4, -0.2) is 0 Å². The predicted octanol–water partition coefficient (Wildman–Crippen LogP) is 6.74. The van der Waals surface area contributed by atoms with Gasteiger partial charge in [-0.1, -0.05) is 71.8 Å². The summed E-state index contributed by atoms with van der Waals surface area (Å²) >= 11 is 0. The lowest BCUT2D eigenvalue weighted by molar-refractivity contribution is 1.43. The van der Waals surface area contributed by atoms with E-state index in [1.165, 1.54) is 16.7 Å². The molecule has 0 atom stereocenters. The molecule has 0 aliphatic heterocycles. The zero-order chi connectivity index (χ0) is 17.1. The van der Waals surface area contributed by atoms with Gasteiger partial charge in [0.25, 0.3) is 0 Å². The molecule has 0 spiro atoms. The summed E-state index contributed by atoms with van der Waals surface area (Å²) in [4.78, 5) is 0. The van der Waals surface area contributed by atoms with E-state index in [4.69, 9.17) is 0 Å². The van der Waals surface area contributed by atoms with E-state index in [1.807, 2.05) is 32.1 Å². The molecule has 0 unspecified atom stereocenters. The van der Waals surface area contributed by atoms with Crippen LogP contribution in [-0.2, 0) is 0 Å². The van der Waals surface area contributed by atoms with Gasteiger partial charge in [0.05, 0.1) is 0 Å². The molecule has 0 aromatic heterocycles. The smallest absolute Gasteiger partial charge is 0.0384 e. The minimum Gasteiger partial charge on any atom is -0.356 e. The van der Waals surface area contributed by atoms with E-state index in [0.29, 0.717) is 0 Å². The Balaban J connectivity index is 0.000000284. The Hall–Kier alpha value is -2.54. The molecule has 0 saturated heterocycles. The fourth-order valence-electron chi connectivity index (χ4n) is 1.94. The number of allylic oxidation sites excluding steroid dienone is 5. The Labute approximate surface area is 141 Å². The monoisotopic (exact) mass is 305 g/mol. The number of anilines is 2. The summed E-state index contributed by atoms with van der Waals surface area (Å²) in [5.74, 6) is 0. The third-order valence-corrected chi connectivity index (χ3v) is 3.20. The second-order valence-electron chi connectivity index (χ2n) is 5.50. The lowest BCUT2D eigenvalue weighted by Gasteiger charge is -2.06. The molecule has 2 rings (SSSR count).